The number of aromatic nitrogens is 2. The van der Waals surface area contributed by atoms with Gasteiger partial charge in [-0.2, -0.15) is 0 Å². The Balaban J connectivity index is 1.50. The van der Waals surface area contributed by atoms with Crippen LogP contribution in [-0.4, -0.2) is 60.3 Å². The maximum atomic E-state index is 12.4. The van der Waals surface area contributed by atoms with E-state index < -0.39 is 24.0 Å². The number of hydrogen-bond donors (Lipinski definition) is 4. The summed E-state index contributed by atoms with van der Waals surface area (Å²) in [6.07, 6.45) is 1.53. The van der Waals surface area contributed by atoms with Crippen LogP contribution in [0.15, 0.2) is 35.0 Å². The number of nitrogens with zero attached hydrogens (tertiary/aromatic N) is 3. The Morgan fingerprint density at radius 3 is 2.77 bits per heavy atom. The topological polar surface area (TPSA) is 150 Å². The van der Waals surface area contributed by atoms with Crippen molar-refractivity contribution in [2.24, 2.45) is 17.6 Å². The predicted molar refractivity (Wildman–Crippen MR) is 114 cm³/mol. The number of fused-ring (bicyclic) bond motifs is 2. The smallest absolute Gasteiger partial charge is 0.353 e. The fraction of sp³-hybridized carbons (Fsp3) is 0.400. The number of aliphatic hydroxyl groups excluding tert-OH is 1. The Kier molecular flexibility index (Phi) is 5.40. The lowest BCUT2D eigenvalue weighted by Gasteiger charge is -2.46. The van der Waals surface area contributed by atoms with Gasteiger partial charge in [0.25, 0.3) is 0 Å². The first-order valence-corrected chi connectivity index (χ1v) is 10.8. The first-order chi connectivity index (χ1) is 14.7. The number of pyridine rings is 1. The summed E-state index contributed by atoms with van der Waals surface area (Å²) >= 11 is 1.40. The van der Waals surface area contributed by atoms with Crippen LogP contribution < -0.4 is 11.1 Å². The number of imidazole rings is 1. The number of aliphatic hydroxyl groups is 1. The zero-order valence-electron chi connectivity index (χ0n) is 17.0. The molecule has 31 heavy (non-hydrogen) atoms. The number of carboxylic acids is 1. The summed E-state index contributed by atoms with van der Waals surface area (Å²) in [5, 5.41) is 22.2. The Hall–Kier alpha value is -3.05. The number of thioether (sulfide) groups is 1. The number of primary amides is 1. The quantitative estimate of drug-likeness (QED) is 0.468. The third-order valence-corrected chi connectivity index (χ3v) is 7.00. The molecule has 5 N–H and O–H groups in total. The van der Waals surface area contributed by atoms with Crippen LogP contribution in [0.5, 0.6) is 0 Å². The molecule has 2 aliphatic rings. The fourth-order valence-corrected chi connectivity index (χ4v) is 5.65. The van der Waals surface area contributed by atoms with Crippen molar-refractivity contribution in [2.45, 2.75) is 32.4 Å². The van der Waals surface area contributed by atoms with Gasteiger partial charge in [-0.05, 0) is 19.1 Å². The average Bonchev–Trinajstić information content (AvgIpc) is 3.19. The van der Waals surface area contributed by atoms with Crippen molar-refractivity contribution >= 4 is 41.1 Å². The summed E-state index contributed by atoms with van der Waals surface area (Å²) in [5.41, 5.74) is 6.65. The number of carboxylic acid groups (broad SMARTS) is 1. The standard InChI is InChI=1S/C20H23N5O5S/c1-9-15-14(10(2)26)18(27)25(15)16(19(28)29)17(9)31-7-6-11-8-24-12(22-11)4-3-5-13(24)23-20(21)30/h3-5,8-10,14-15,26H,6-7H2,1-2H3,(H,28,29)(H3,21,23,30)/t9-,10-,14-,15-/m1/s1. The summed E-state index contributed by atoms with van der Waals surface area (Å²) in [4.78, 5) is 41.9. The van der Waals surface area contributed by atoms with Gasteiger partial charge >= 0.3 is 12.0 Å². The van der Waals surface area contributed by atoms with Crippen LogP contribution in [-0.2, 0) is 16.0 Å². The highest BCUT2D eigenvalue weighted by atomic mass is 32.2. The maximum absolute atomic E-state index is 12.4. The lowest BCUT2D eigenvalue weighted by atomic mass is 9.79. The molecule has 1 fully saturated rings. The zero-order chi connectivity index (χ0) is 22.4. The molecular formula is C20H23N5O5S. The van der Waals surface area contributed by atoms with Crippen molar-refractivity contribution in [1.29, 1.82) is 0 Å². The number of urea groups is 1. The summed E-state index contributed by atoms with van der Waals surface area (Å²) in [5.74, 6) is -1.15. The monoisotopic (exact) mass is 445 g/mol. The number of carbonyl (C=O) groups excluding carboxylic acids is 2. The number of β-lactam (4-membered cyclic amide) rings is 1. The normalized spacial score (nSPS) is 23.6. The third-order valence-electron chi connectivity index (χ3n) is 5.72. The van der Waals surface area contributed by atoms with Crippen molar-refractivity contribution in [1.82, 2.24) is 14.3 Å². The van der Waals surface area contributed by atoms with Gasteiger partial charge in [0, 0.05) is 29.2 Å². The number of aliphatic carboxylic acids is 1. The molecule has 0 saturated carbocycles. The molecular weight excluding hydrogens is 422 g/mol. The summed E-state index contributed by atoms with van der Waals surface area (Å²) < 4.78 is 1.72. The predicted octanol–water partition coefficient (Wildman–Crippen LogP) is 1.25. The number of nitrogens with one attached hydrogen (secondary N) is 1. The zero-order valence-corrected chi connectivity index (χ0v) is 17.8. The summed E-state index contributed by atoms with van der Waals surface area (Å²) in [6.45, 7) is 3.45. The second kappa shape index (κ2) is 7.89. The Morgan fingerprint density at radius 1 is 1.39 bits per heavy atom. The fourth-order valence-electron chi connectivity index (χ4n) is 4.39. The van der Waals surface area contributed by atoms with E-state index in [-0.39, 0.29) is 23.6 Å². The summed E-state index contributed by atoms with van der Waals surface area (Å²) in [7, 11) is 0. The van der Waals surface area contributed by atoms with Crippen molar-refractivity contribution < 1.29 is 24.6 Å². The molecule has 0 aromatic carbocycles. The Labute approximate surface area is 182 Å². The average molecular weight is 446 g/mol. The molecule has 2 aromatic heterocycles. The largest absolute Gasteiger partial charge is 0.477 e. The first-order valence-electron chi connectivity index (χ1n) is 9.85. The molecule has 2 aliphatic heterocycles. The molecule has 4 atom stereocenters. The van der Waals surface area contributed by atoms with Crippen LogP contribution in [0.25, 0.3) is 5.65 Å². The van der Waals surface area contributed by atoms with Gasteiger partial charge in [-0.25, -0.2) is 14.6 Å². The third kappa shape index (κ3) is 3.53. The van der Waals surface area contributed by atoms with E-state index in [4.69, 9.17) is 5.73 Å². The van der Waals surface area contributed by atoms with Crippen LogP contribution in [0.1, 0.15) is 19.5 Å². The Bertz CT molecular complexity index is 1110. The van der Waals surface area contributed by atoms with Crippen LogP contribution in [0.3, 0.4) is 0 Å². The van der Waals surface area contributed by atoms with E-state index in [1.54, 1.807) is 35.7 Å². The van der Waals surface area contributed by atoms with Gasteiger partial charge in [0.2, 0.25) is 5.91 Å². The number of rotatable bonds is 7. The Morgan fingerprint density at radius 2 is 2.13 bits per heavy atom. The number of hydrogen-bond acceptors (Lipinski definition) is 6. The van der Waals surface area contributed by atoms with Gasteiger partial charge in [-0.15, -0.1) is 11.8 Å². The van der Waals surface area contributed by atoms with E-state index >= 15 is 0 Å². The highest BCUT2D eigenvalue weighted by Gasteiger charge is 2.59. The van der Waals surface area contributed by atoms with Gasteiger partial charge in [-0.1, -0.05) is 13.0 Å². The molecule has 4 rings (SSSR count). The van der Waals surface area contributed by atoms with E-state index in [9.17, 15) is 24.6 Å². The first kappa shape index (κ1) is 21.2. The van der Waals surface area contributed by atoms with Crippen molar-refractivity contribution in [3.63, 3.8) is 0 Å². The van der Waals surface area contributed by atoms with Crippen LogP contribution in [0, 0.1) is 11.8 Å². The molecule has 0 unspecified atom stereocenters. The second-order valence-electron chi connectivity index (χ2n) is 7.73. The van der Waals surface area contributed by atoms with Crippen LogP contribution >= 0.6 is 11.8 Å². The van der Waals surface area contributed by atoms with Gasteiger partial charge in [-0.3, -0.25) is 14.5 Å². The van der Waals surface area contributed by atoms with E-state index in [0.29, 0.717) is 28.5 Å². The van der Waals surface area contributed by atoms with Crippen LogP contribution in [0.2, 0.25) is 0 Å². The highest BCUT2D eigenvalue weighted by Crippen LogP contribution is 2.50. The lowest BCUT2D eigenvalue weighted by molar-refractivity contribution is -0.163. The molecule has 0 radical (unpaired) electrons. The second-order valence-corrected chi connectivity index (χ2v) is 8.87. The number of anilines is 1. The number of aryl methyl sites for hydroxylation is 1. The van der Waals surface area contributed by atoms with Gasteiger partial charge in [0.1, 0.15) is 17.2 Å². The summed E-state index contributed by atoms with van der Waals surface area (Å²) in [6, 6.07) is 4.28. The van der Waals surface area contributed by atoms with E-state index in [1.165, 1.54) is 16.7 Å². The molecule has 0 spiro atoms. The molecule has 11 heteroatoms. The minimum absolute atomic E-state index is 0.0207. The van der Waals surface area contributed by atoms with Gasteiger partial charge in [0.05, 0.1) is 23.8 Å². The molecule has 2 aromatic rings. The lowest BCUT2D eigenvalue weighted by Crippen LogP contribution is -2.63. The maximum Gasteiger partial charge on any atom is 0.353 e. The van der Waals surface area contributed by atoms with E-state index in [0.717, 1.165) is 5.69 Å². The number of nitrogens with two attached hydrogens (primary N) is 1. The SMILES string of the molecule is C[C@@H](O)[C@H]1C(=O)N2C(C(=O)O)=C(SCCc3cn4c(NC(N)=O)cccc4n3)[C@H](C)[C@H]12. The molecule has 0 bridgehead atoms. The minimum atomic E-state index is -1.14. The van der Waals surface area contributed by atoms with Crippen LogP contribution in [0.4, 0.5) is 10.6 Å². The molecule has 0 aliphatic carbocycles. The number of amides is 3. The molecule has 3 amide bonds. The minimum Gasteiger partial charge on any atom is -0.477 e. The van der Waals surface area contributed by atoms with Crippen molar-refractivity contribution in [3.8, 4) is 0 Å². The van der Waals surface area contributed by atoms with E-state index in [1.807, 2.05) is 6.92 Å². The molecule has 4 heterocycles. The molecule has 10 nitrogen and oxygen atoms in total. The van der Waals surface area contributed by atoms with Crippen molar-refractivity contribution in [2.75, 3.05) is 11.1 Å². The molecule has 1 saturated heterocycles. The van der Waals surface area contributed by atoms with Gasteiger partial charge < -0.3 is 20.8 Å². The molecule has 164 valence electrons. The van der Waals surface area contributed by atoms with E-state index in [2.05, 4.69) is 10.3 Å². The van der Waals surface area contributed by atoms with Gasteiger partial charge in [0.15, 0.2) is 0 Å². The number of carbonyl (C=O) groups is 3. The highest BCUT2D eigenvalue weighted by molar-refractivity contribution is 8.03. The van der Waals surface area contributed by atoms with Crippen molar-refractivity contribution in [3.05, 3.63) is 40.7 Å².